The number of benzene rings is 1. The van der Waals surface area contributed by atoms with Crippen LogP contribution in [0, 0.1) is 0 Å². The molecule has 1 aromatic carbocycles. The molecule has 0 aliphatic heterocycles. The van der Waals surface area contributed by atoms with Crippen LogP contribution in [-0.2, 0) is 28.9 Å². The summed E-state index contributed by atoms with van der Waals surface area (Å²) >= 11 is 1.43. The van der Waals surface area contributed by atoms with Gasteiger partial charge in [-0.15, -0.1) is 15.3 Å². The molecule has 2 N–H and O–H groups in total. The zero-order chi connectivity index (χ0) is 28.4. The van der Waals surface area contributed by atoms with Crippen molar-refractivity contribution in [3.63, 3.8) is 0 Å². The molecule has 0 spiro atoms. The number of nitrogens with one attached hydrogen (secondary N) is 2. The van der Waals surface area contributed by atoms with Crippen LogP contribution in [-0.4, -0.2) is 38.8 Å². The highest BCUT2D eigenvalue weighted by atomic mass is 32.1. The summed E-state index contributed by atoms with van der Waals surface area (Å²) in [6.45, 7) is 4.97. The molecule has 2 heterocycles. The van der Waals surface area contributed by atoms with Crippen molar-refractivity contribution in [2.45, 2.75) is 97.3 Å². The molecule has 2 amide bonds. The normalized spacial score (nSPS) is 10.8. The maximum atomic E-state index is 12.5. The Morgan fingerprint density at radius 1 is 0.800 bits per heavy atom. The Kier molecular flexibility index (Phi) is 14.0. The van der Waals surface area contributed by atoms with Gasteiger partial charge in [0.05, 0.1) is 18.7 Å². The van der Waals surface area contributed by atoms with Crippen LogP contribution in [0.2, 0.25) is 0 Å². The lowest BCUT2D eigenvalue weighted by atomic mass is 10.1. The monoisotopic (exact) mass is 566 g/mol. The summed E-state index contributed by atoms with van der Waals surface area (Å²) in [5.74, 6) is 1.09. The van der Waals surface area contributed by atoms with Crippen LogP contribution in [0.5, 0.6) is 5.75 Å². The molecular weight excluding hydrogens is 524 g/mol. The van der Waals surface area contributed by atoms with Gasteiger partial charge in [0.15, 0.2) is 5.82 Å². The van der Waals surface area contributed by atoms with E-state index >= 15 is 0 Å². The Labute approximate surface area is 241 Å². The van der Waals surface area contributed by atoms with E-state index < -0.39 is 0 Å². The number of anilines is 2. The second-order valence-electron chi connectivity index (χ2n) is 9.90. The molecule has 0 radical (unpaired) electrons. The highest BCUT2D eigenvalue weighted by Crippen LogP contribution is 2.19. The number of amides is 2. The zero-order valence-electron chi connectivity index (χ0n) is 23.8. The first-order chi connectivity index (χ1) is 19.6. The topological polar surface area (TPSA) is 119 Å². The average Bonchev–Trinajstić information content (AvgIpc) is 3.39. The van der Waals surface area contributed by atoms with Gasteiger partial charge in [-0.1, -0.05) is 69.4 Å². The number of carbonyl (C=O) groups excluding carboxylic acids is 2. The van der Waals surface area contributed by atoms with Gasteiger partial charge in [-0.3, -0.25) is 9.59 Å². The Balaban J connectivity index is 1.33. The lowest BCUT2D eigenvalue weighted by Gasteiger charge is -2.09. The Morgan fingerprint density at radius 3 is 2.42 bits per heavy atom. The summed E-state index contributed by atoms with van der Waals surface area (Å²) in [7, 11) is 0. The number of rotatable bonds is 19. The van der Waals surface area contributed by atoms with E-state index in [1.54, 1.807) is 6.07 Å². The Hall–Kier alpha value is -3.40. The average molecular weight is 567 g/mol. The van der Waals surface area contributed by atoms with Crippen LogP contribution < -0.4 is 15.4 Å². The van der Waals surface area contributed by atoms with Gasteiger partial charge in [-0.05, 0) is 61.9 Å². The molecule has 0 bridgehead atoms. The molecule has 40 heavy (non-hydrogen) atoms. The Morgan fingerprint density at radius 2 is 1.62 bits per heavy atom. The first-order valence-electron chi connectivity index (χ1n) is 14.5. The standard InChI is InChI=1S/C30H42N6O3S/c1-3-5-7-8-11-20-39-25-15-12-13-23(21-25)22-28(38)31-26-19-18-24(33-34-26)14-9-10-17-29-35-36-30(40-29)32-27(37)16-6-4-2/h12-13,15,18-19,21H,3-11,14,16-17,20,22H2,1-2H3,(H,31,34,38)(H,32,36,37). The molecule has 2 aromatic heterocycles. The molecule has 0 atom stereocenters. The molecule has 216 valence electrons. The van der Waals surface area contributed by atoms with Crippen LogP contribution in [0.15, 0.2) is 36.4 Å². The number of ether oxygens (including phenoxy) is 1. The molecule has 3 aromatic rings. The van der Waals surface area contributed by atoms with Crippen molar-refractivity contribution in [2.24, 2.45) is 0 Å². The minimum absolute atomic E-state index is 0.00892. The van der Waals surface area contributed by atoms with E-state index in [1.165, 1.54) is 37.0 Å². The third-order valence-corrected chi connectivity index (χ3v) is 7.21. The largest absolute Gasteiger partial charge is 0.494 e. The van der Waals surface area contributed by atoms with E-state index in [2.05, 4.69) is 44.9 Å². The van der Waals surface area contributed by atoms with Gasteiger partial charge >= 0.3 is 0 Å². The highest BCUT2D eigenvalue weighted by molar-refractivity contribution is 7.15. The van der Waals surface area contributed by atoms with Crippen molar-refractivity contribution in [3.8, 4) is 5.75 Å². The number of nitrogens with zero attached hydrogens (tertiary/aromatic N) is 4. The molecule has 0 aliphatic carbocycles. The van der Waals surface area contributed by atoms with E-state index in [0.29, 0.717) is 24.0 Å². The van der Waals surface area contributed by atoms with Crippen LogP contribution in [0.4, 0.5) is 10.9 Å². The van der Waals surface area contributed by atoms with Crippen molar-refractivity contribution in [2.75, 3.05) is 17.2 Å². The number of aryl methyl sites for hydroxylation is 2. The number of carbonyl (C=O) groups is 2. The van der Waals surface area contributed by atoms with Gasteiger partial charge in [0, 0.05) is 12.8 Å². The summed E-state index contributed by atoms with van der Waals surface area (Å²) in [4.78, 5) is 24.4. The van der Waals surface area contributed by atoms with E-state index in [0.717, 1.165) is 67.0 Å². The van der Waals surface area contributed by atoms with Crippen molar-refractivity contribution in [1.29, 1.82) is 0 Å². The van der Waals surface area contributed by atoms with Gasteiger partial charge in [0.25, 0.3) is 0 Å². The highest BCUT2D eigenvalue weighted by Gasteiger charge is 2.09. The van der Waals surface area contributed by atoms with Crippen molar-refractivity contribution in [3.05, 3.63) is 52.7 Å². The van der Waals surface area contributed by atoms with E-state index in [4.69, 9.17) is 4.74 Å². The summed E-state index contributed by atoms with van der Waals surface area (Å²) in [5, 5.41) is 23.8. The third kappa shape index (κ3) is 12.2. The molecule has 0 unspecified atom stereocenters. The number of hydrogen-bond acceptors (Lipinski definition) is 8. The van der Waals surface area contributed by atoms with E-state index in [1.807, 2.05) is 30.3 Å². The quantitative estimate of drug-likeness (QED) is 0.158. The van der Waals surface area contributed by atoms with Crippen LogP contribution in [0.25, 0.3) is 0 Å². The first-order valence-corrected chi connectivity index (χ1v) is 15.3. The number of aromatic nitrogens is 4. The van der Waals surface area contributed by atoms with Crippen molar-refractivity contribution < 1.29 is 14.3 Å². The van der Waals surface area contributed by atoms with E-state index in [-0.39, 0.29) is 18.2 Å². The molecule has 0 fully saturated rings. The molecular formula is C30H42N6O3S. The van der Waals surface area contributed by atoms with Crippen LogP contribution in [0.3, 0.4) is 0 Å². The van der Waals surface area contributed by atoms with Gasteiger partial charge in [-0.2, -0.15) is 5.10 Å². The summed E-state index contributed by atoms with van der Waals surface area (Å²) < 4.78 is 5.86. The molecule has 10 heteroatoms. The zero-order valence-corrected chi connectivity index (χ0v) is 24.6. The molecule has 0 saturated heterocycles. The SMILES string of the molecule is CCCCCCCOc1cccc(CC(=O)Nc2ccc(CCCCc3nnc(NC(=O)CCCC)s3)nn2)c1. The third-order valence-electron chi connectivity index (χ3n) is 6.31. The smallest absolute Gasteiger partial charge is 0.229 e. The van der Waals surface area contributed by atoms with Crippen molar-refractivity contribution >= 4 is 34.1 Å². The second kappa shape index (κ2) is 18.0. The maximum Gasteiger partial charge on any atom is 0.229 e. The lowest BCUT2D eigenvalue weighted by molar-refractivity contribution is -0.116. The predicted molar refractivity (Wildman–Crippen MR) is 160 cm³/mol. The molecule has 9 nitrogen and oxygen atoms in total. The fraction of sp³-hybridized carbons (Fsp3) is 0.533. The van der Waals surface area contributed by atoms with Crippen molar-refractivity contribution in [1.82, 2.24) is 20.4 Å². The predicted octanol–water partition coefficient (Wildman–Crippen LogP) is 6.55. The number of unbranched alkanes of at least 4 members (excludes halogenated alkanes) is 6. The summed E-state index contributed by atoms with van der Waals surface area (Å²) in [6.07, 6.45) is 12.0. The molecule has 0 aliphatic rings. The summed E-state index contributed by atoms with van der Waals surface area (Å²) in [6, 6.07) is 11.4. The molecule has 3 rings (SSSR count). The maximum absolute atomic E-state index is 12.5. The van der Waals surface area contributed by atoms with Crippen LogP contribution >= 0.6 is 11.3 Å². The Bertz CT molecular complexity index is 1170. The van der Waals surface area contributed by atoms with Gasteiger partial charge in [-0.25, -0.2) is 0 Å². The summed E-state index contributed by atoms with van der Waals surface area (Å²) in [5.41, 5.74) is 1.77. The van der Waals surface area contributed by atoms with Gasteiger partial charge in [0.1, 0.15) is 10.8 Å². The van der Waals surface area contributed by atoms with Gasteiger partial charge in [0.2, 0.25) is 16.9 Å². The minimum Gasteiger partial charge on any atom is -0.494 e. The first kappa shape index (κ1) is 31.1. The van der Waals surface area contributed by atoms with E-state index in [9.17, 15) is 9.59 Å². The second-order valence-corrected chi connectivity index (χ2v) is 11.0. The fourth-order valence-corrected chi connectivity index (χ4v) is 4.88. The van der Waals surface area contributed by atoms with Crippen LogP contribution in [0.1, 0.15) is 94.3 Å². The lowest BCUT2D eigenvalue weighted by Crippen LogP contribution is -2.16. The minimum atomic E-state index is -0.142. The molecule has 0 saturated carbocycles. The fourth-order valence-electron chi connectivity index (χ4n) is 4.08. The van der Waals surface area contributed by atoms with Gasteiger partial charge < -0.3 is 15.4 Å². The number of hydrogen-bond donors (Lipinski definition) is 2.